The number of likely N-dealkylation sites (tertiary alicyclic amines) is 1. The lowest BCUT2D eigenvalue weighted by atomic mass is 9.85. The van der Waals surface area contributed by atoms with Gasteiger partial charge in [0.05, 0.1) is 16.7 Å². The molecule has 2 aliphatic rings. The summed E-state index contributed by atoms with van der Waals surface area (Å²) >= 11 is 0. The maximum atomic E-state index is 13.0. The normalized spacial score (nSPS) is 19.8. The number of hydrogen-bond donors (Lipinski definition) is 2. The van der Waals surface area contributed by atoms with Gasteiger partial charge in [-0.15, -0.1) is 0 Å². The summed E-state index contributed by atoms with van der Waals surface area (Å²) in [6.07, 6.45) is 4.87. The highest BCUT2D eigenvalue weighted by molar-refractivity contribution is 7.92. The van der Waals surface area contributed by atoms with E-state index >= 15 is 0 Å². The molecule has 3 amide bonds. The Morgan fingerprint density at radius 3 is 2.29 bits per heavy atom. The van der Waals surface area contributed by atoms with Gasteiger partial charge in [-0.3, -0.25) is 24.0 Å². The molecule has 4 rings (SSSR count). The molecule has 1 heterocycles. The zero-order chi connectivity index (χ0) is 24.5. The first-order valence-corrected chi connectivity index (χ1v) is 12.6. The number of carbonyl (C=O) groups is 3. The van der Waals surface area contributed by atoms with Gasteiger partial charge in [-0.2, -0.15) is 0 Å². The highest BCUT2D eigenvalue weighted by Crippen LogP contribution is 2.35. The van der Waals surface area contributed by atoms with Gasteiger partial charge >= 0.3 is 0 Å². The van der Waals surface area contributed by atoms with Crippen LogP contribution in [0.1, 0.15) is 30.4 Å². The average molecular weight is 482 g/mol. The van der Waals surface area contributed by atoms with Crippen LogP contribution in [0.25, 0.3) is 0 Å². The number of imide groups is 1. The summed E-state index contributed by atoms with van der Waals surface area (Å²) in [6.45, 7) is 3.55. The van der Waals surface area contributed by atoms with Crippen LogP contribution in [0.5, 0.6) is 0 Å². The van der Waals surface area contributed by atoms with Crippen molar-refractivity contribution < 1.29 is 22.8 Å². The van der Waals surface area contributed by atoms with Crippen molar-refractivity contribution in [1.29, 1.82) is 0 Å². The van der Waals surface area contributed by atoms with E-state index in [2.05, 4.69) is 10.0 Å². The molecule has 1 fully saturated rings. The molecule has 0 spiro atoms. The van der Waals surface area contributed by atoms with Crippen LogP contribution in [0.3, 0.4) is 0 Å². The molecule has 2 aromatic carbocycles. The molecule has 9 heteroatoms. The highest BCUT2D eigenvalue weighted by Gasteiger charge is 2.46. The van der Waals surface area contributed by atoms with Gasteiger partial charge in [-0.1, -0.05) is 30.4 Å². The van der Waals surface area contributed by atoms with Crippen molar-refractivity contribution in [3.8, 4) is 0 Å². The third-order valence-corrected chi connectivity index (χ3v) is 7.72. The molecule has 0 aromatic heterocycles. The van der Waals surface area contributed by atoms with Gasteiger partial charge in [0.1, 0.15) is 0 Å². The summed E-state index contributed by atoms with van der Waals surface area (Å²) in [6, 6.07) is 11.7. The summed E-state index contributed by atoms with van der Waals surface area (Å²) in [4.78, 5) is 38.9. The van der Waals surface area contributed by atoms with Gasteiger partial charge in [0.25, 0.3) is 10.0 Å². The van der Waals surface area contributed by atoms with E-state index in [0.717, 1.165) is 5.56 Å². The van der Waals surface area contributed by atoms with Crippen LogP contribution in [0.15, 0.2) is 59.5 Å². The number of sulfonamides is 1. The van der Waals surface area contributed by atoms with Crippen LogP contribution in [-0.4, -0.2) is 37.6 Å². The van der Waals surface area contributed by atoms with Gasteiger partial charge in [0, 0.05) is 24.3 Å². The Labute approximate surface area is 199 Å². The maximum absolute atomic E-state index is 13.0. The molecule has 0 radical (unpaired) electrons. The van der Waals surface area contributed by atoms with E-state index in [1.807, 2.05) is 25.1 Å². The number of aryl methyl sites for hydroxylation is 2. The van der Waals surface area contributed by atoms with Crippen molar-refractivity contribution in [2.45, 2.75) is 38.0 Å². The minimum atomic E-state index is -3.88. The first kappa shape index (κ1) is 23.7. The Morgan fingerprint density at radius 1 is 0.971 bits per heavy atom. The van der Waals surface area contributed by atoms with E-state index in [9.17, 15) is 22.8 Å². The predicted octanol–water partition coefficient (Wildman–Crippen LogP) is 3.38. The monoisotopic (exact) mass is 481 g/mol. The highest BCUT2D eigenvalue weighted by atomic mass is 32.2. The van der Waals surface area contributed by atoms with E-state index in [-0.39, 0.29) is 41.5 Å². The van der Waals surface area contributed by atoms with Crippen molar-refractivity contribution in [2.75, 3.05) is 16.6 Å². The molecule has 1 aliphatic heterocycles. The molecule has 1 saturated heterocycles. The number of nitrogens with zero attached hydrogens (tertiary/aromatic N) is 1. The van der Waals surface area contributed by atoms with Gasteiger partial charge in [0.2, 0.25) is 17.7 Å². The molecule has 34 heavy (non-hydrogen) atoms. The summed E-state index contributed by atoms with van der Waals surface area (Å²) in [7, 11) is -3.88. The number of nitrogens with one attached hydrogen (secondary N) is 2. The Hall–Kier alpha value is -3.46. The van der Waals surface area contributed by atoms with Crippen LogP contribution in [0.4, 0.5) is 11.4 Å². The van der Waals surface area contributed by atoms with E-state index in [4.69, 9.17) is 0 Å². The quantitative estimate of drug-likeness (QED) is 0.465. The Bertz CT molecular complexity index is 1260. The molecular formula is C25H27N3O5S. The van der Waals surface area contributed by atoms with Gasteiger partial charge < -0.3 is 5.32 Å². The molecule has 2 aromatic rings. The largest absolute Gasteiger partial charge is 0.326 e. The Morgan fingerprint density at radius 2 is 1.65 bits per heavy atom. The lowest BCUT2D eigenvalue weighted by Gasteiger charge is -2.15. The summed E-state index contributed by atoms with van der Waals surface area (Å²) in [5.74, 6) is -1.51. The topological polar surface area (TPSA) is 113 Å². The molecule has 0 saturated carbocycles. The molecular weight excluding hydrogens is 454 g/mol. The lowest BCUT2D eigenvalue weighted by molar-refractivity contribution is -0.140. The number of allylic oxidation sites excluding steroid dienone is 2. The first-order valence-electron chi connectivity index (χ1n) is 11.2. The van der Waals surface area contributed by atoms with Crippen molar-refractivity contribution in [1.82, 2.24) is 4.90 Å². The van der Waals surface area contributed by atoms with Crippen molar-refractivity contribution in [2.24, 2.45) is 11.8 Å². The number of rotatable bonds is 7. The zero-order valence-corrected chi connectivity index (χ0v) is 19.9. The molecule has 8 nitrogen and oxygen atoms in total. The van der Waals surface area contributed by atoms with Crippen LogP contribution in [-0.2, 0) is 24.4 Å². The number of anilines is 2. The SMILES string of the molecule is Cc1cccc(NS(=O)(=O)c2cc(NC(=O)CCN3C(=O)[C@H]4CC=CC[C@@H]4C3=O)ccc2C)c1. The zero-order valence-electron chi connectivity index (χ0n) is 19.1. The van der Waals surface area contributed by atoms with E-state index < -0.39 is 15.9 Å². The van der Waals surface area contributed by atoms with Crippen LogP contribution >= 0.6 is 0 Å². The fourth-order valence-corrected chi connectivity index (χ4v) is 5.73. The second kappa shape index (κ2) is 9.42. The fourth-order valence-electron chi connectivity index (χ4n) is 4.41. The minimum absolute atomic E-state index is 0.00241. The molecule has 2 N–H and O–H groups in total. The van der Waals surface area contributed by atoms with Crippen molar-refractivity contribution in [3.05, 3.63) is 65.7 Å². The predicted molar refractivity (Wildman–Crippen MR) is 128 cm³/mol. The second-order valence-corrected chi connectivity index (χ2v) is 10.4. The molecule has 2 atom stereocenters. The Kier molecular flexibility index (Phi) is 6.56. The van der Waals surface area contributed by atoms with Crippen molar-refractivity contribution in [3.63, 3.8) is 0 Å². The summed E-state index contributed by atoms with van der Waals surface area (Å²) < 4.78 is 28.5. The first-order chi connectivity index (χ1) is 16.2. The summed E-state index contributed by atoms with van der Waals surface area (Å²) in [5.41, 5.74) is 2.22. The minimum Gasteiger partial charge on any atom is -0.326 e. The van der Waals surface area contributed by atoms with Crippen molar-refractivity contribution >= 4 is 39.1 Å². The van der Waals surface area contributed by atoms with E-state index in [0.29, 0.717) is 29.8 Å². The fraction of sp³-hybridized carbons (Fsp3) is 0.320. The molecule has 178 valence electrons. The molecule has 1 aliphatic carbocycles. The number of carbonyl (C=O) groups excluding carboxylic acids is 3. The summed E-state index contributed by atoms with van der Waals surface area (Å²) in [5, 5.41) is 2.68. The number of hydrogen-bond acceptors (Lipinski definition) is 5. The smallest absolute Gasteiger partial charge is 0.262 e. The second-order valence-electron chi connectivity index (χ2n) is 8.74. The third-order valence-electron chi connectivity index (χ3n) is 6.19. The van der Waals surface area contributed by atoms with Gasteiger partial charge in [0.15, 0.2) is 0 Å². The van der Waals surface area contributed by atoms with E-state index in [1.165, 1.54) is 11.0 Å². The average Bonchev–Trinajstić information content (AvgIpc) is 3.03. The standard InChI is InChI=1S/C25H27N3O5S/c1-16-6-5-7-19(14-16)27-34(32,33)22-15-18(11-10-17(22)2)26-23(29)12-13-28-24(30)20-8-3-4-9-21(20)25(28)31/h3-7,10-11,14-15,20-21,27H,8-9,12-13H2,1-2H3,(H,26,29)/t20-,21-/m0/s1. The van der Waals surface area contributed by atoms with Crippen LogP contribution in [0, 0.1) is 25.7 Å². The van der Waals surface area contributed by atoms with Gasteiger partial charge in [-0.25, -0.2) is 8.42 Å². The van der Waals surface area contributed by atoms with Crippen LogP contribution in [0.2, 0.25) is 0 Å². The van der Waals surface area contributed by atoms with Crippen LogP contribution < -0.4 is 10.0 Å². The third kappa shape index (κ3) is 4.89. The van der Waals surface area contributed by atoms with E-state index in [1.54, 1.807) is 37.3 Å². The Balaban J connectivity index is 1.41. The van der Waals surface area contributed by atoms with Gasteiger partial charge in [-0.05, 0) is 62.1 Å². The molecule has 0 bridgehead atoms. The number of benzene rings is 2. The lowest BCUT2D eigenvalue weighted by Crippen LogP contribution is -2.34. The maximum Gasteiger partial charge on any atom is 0.262 e. The molecule has 0 unspecified atom stereocenters. The number of fused-ring (bicyclic) bond motifs is 1. The number of amides is 3.